The summed E-state index contributed by atoms with van der Waals surface area (Å²) in [7, 11) is 0. The predicted molar refractivity (Wildman–Crippen MR) is 74.8 cm³/mol. The Labute approximate surface area is 115 Å². The Bertz CT molecular complexity index is 643. The molecule has 3 rings (SSSR count). The van der Waals surface area contributed by atoms with Crippen LogP contribution < -0.4 is 0 Å². The third-order valence-electron chi connectivity index (χ3n) is 3.38. The fourth-order valence-electron chi connectivity index (χ4n) is 2.33. The second-order valence-electron chi connectivity index (χ2n) is 4.62. The lowest BCUT2D eigenvalue weighted by atomic mass is 10.0. The van der Waals surface area contributed by atoms with Gasteiger partial charge in [0.05, 0.1) is 0 Å². The van der Waals surface area contributed by atoms with Gasteiger partial charge in [0.25, 0.3) is 0 Å². The molecule has 0 spiro atoms. The second kappa shape index (κ2) is 3.84. The molecular weight excluding hydrogens is 267 g/mol. The summed E-state index contributed by atoms with van der Waals surface area (Å²) in [6.45, 7) is 3.80. The fourth-order valence-corrected chi connectivity index (χ4v) is 2.66. The van der Waals surface area contributed by atoms with Crippen LogP contribution in [0.1, 0.15) is 27.0 Å². The molecule has 2 aromatic rings. The molecule has 2 aromatic carbocycles. The number of benzene rings is 2. The quantitative estimate of drug-likeness (QED) is 0.575. The van der Waals surface area contributed by atoms with Crippen LogP contribution in [0.4, 0.5) is 0 Å². The highest BCUT2D eigenvalue weighted by atomic mass is 35.5. The summed E-state index contributed by atoms with van der Waals surface area (Å²) in [5, 5.41) is 1.34. The van der Waals surface area contributed by atoms with Gasteiger partial charge in [-0.3, -0.25) is 4.79 Å². The molecule has 1 aliphatic carbocycles. The molecule has 0 saturated heterocycles. The molecular formula is C15H10Cl2O. The average Bonchev–Trinajstić information content (AvgIpc) is 2.56. The fraction of sp³-hybridized carbons (Fsp3) is 0.133. The average molecular weight is 277 g/mol. The Morgan fingerprint density at radius 2 is 1.11 bits per heavy atom. The van der Waals surface area contributed by atoms with E-state index in [1.165, 1.54) is 0 Å². The summed E-state index contributed by atoms with van der Waals surface area (Å²) in [4.78, 5) is 12.3. The van der Waals surface area contributed by atoms with Gasteiger partial charge in [-0.2, -0.15) is 0 Å². The van der Waals surface area contributed by atoms with Crippen LogP contribution in [0.5, 0.6) is 0 Å². The van der Waals surface area contributed by atoms with Crippen LogP contribution in [-0.2, 0) is 0 Å². The molecule has 1 aliphatic rings. The van der Waals surface area contributed by atoms with Crippen molar-refractivity contribution >= 4 is 29.0 Å². The number of rotatable bonds is 0. The number of aryl methyl sites for hydroxylation is 2. The van der Waals surface area contributed by atoms with E-state index in [0.29, 0.717) is 21.2 Å². The first kappa shape index (κ1) is 11.8. The Kier molecular flexibility index (Phi) is 2.51. The molecule has 0 N–H and O–H groups in total. The lowest BCUT2D eigenvalue weighted by Crippen LogP contribution is -1.96. The number of carbonyl (C=O) groups is 1. The topological polar surface area (TPSA) is 17.1 Å². The largest absolute Gasteiger partial charge is 0.289 e. The summed E-state index contributed by atoms with van der Waals surface area (Å²) >= 11 is 12.3. The van der Waals surface area contributed by atoms with Crippen LogP contribution in [0, 0.1) is 13.8 Å². The second-order valence-corrected chi connectivity index (χ2v) is 5.44. The summed E-state index contributed by atoms with van der Waals surface area (Å²) < 4.78 is 0. The highest BCUT2D eigenvalue weighted by Gasteiger charge is 2.28. The summed E-state index contributed by atoms with van der Waals surface area (Å²) in [6.07, 6.45) is 0. The lowest BCUT2D eigenvalue weighted by molar-refractivity contribution is 0.104. The molecule has 0 radical (unpaired) electrons. The SMILES string of the molecule is Cc1cc2c(cc1Cl)-c1cc(Cl)c(C)cc1C2=O. The number of fused-ring (bicyclic) bond motifs is 3. The molecule has 0 amide bonds. The van der Waals surface area contributed by atoms with E-state index in [1.54, 1.807) is 0 Å². The van der Waals surface area contributed by atoms with Crippen molar-refractivity contribution < 1.29 is 4.79 Å². The van der Waals surface area contributed by atoms with Crippen molar-refractivity contribution in [3.05, 3.63) is 56.6 Å². The van der Waals surface area contributed by atoms with E-state index < -0.39 is 0 Å². The Morgan fingerprint density at radius 1 is 0.722 bits per heavy atom. The number of ketones is 1. The van der Waals surface area contributed by atoms with Gasteiger partial charge in [0.2, 0.25) is 0 Å². The van der Waals surface area contributed by atoms with Gasteiger partial charge in [-0.15, -0.1) is 0 Å². The first-order valence-corrected chi connectivity index (χ1v) is 6.40. The van der Waals surface area contributed by atoms with E-state index >= 15 is 0 Å². The Balaban J connectivity index is 2.37. The molecule has 90 valence electrons. The molecule has 0 fully saturated rings. The molecule has 0 bridgehead atoms. The first-order chi connectivity index (χ1) is 8.49. The van der Waals surface area contributed by atoms with E-state index in [-0.39, 0.29) is 5.78 Å². The highest BCUT2D eigenvalue weighted by Crippen LogP contribution is 2.41. The van der Waals surface area contributed by atoms with Crippen LogP contribution in [0.2, 0.25) is 10.0 Å². The van der Waals surface area contributed by atoms with Gasteiger partial charge in [-0.05, 0) is 60.4 Å². The molecule has 1 nitrogen and oxygen atoms in total. The van der Waals surface area contributed by atoms with Crippen LogP contribution in [-0.4, -0.2) is 5.78 Å². The predicted octanol–water partition coefficient (Wildman–Crippen LogP) is 4.82. The minimum absolute atomic E-state index is 0.0551. The molecule has 0 unspecified atom stereocenters. The maximum atomic E-state index is 12.3. The number of halogens is 2. The van der Waals surface area contributed by atoms with Crippen molar-refractivity contribution in [2.24, 2.45) is 0 Å². The van der Waals surface area contributed by atoms with E-state index in [0.717, 1.165) is 22.3 Å². The minimum Gasteiger partial charge on any atom is -0.289 e. The van der Waals surface area contributed by atoms with Crippen LogP contribution >= 0.6 is 23.2 Å². The van der Waals surface area contributed by atoms with Crippen molar-refractivity contribution in [3.8, 4) is 11.1 Å². The zero-order chi connectivity index (χ0) is 13.0. The molecule has 18 heavy (non-hydrogen) atoms. The molecule has 0 saturated carbocycles. The molecule has 0 atom stereocenters. The number of hydrogen-bond donors (Lipinski definition) is 0. The van der Waals surface area contributed by atoms with Gasteiger partial charge in [0.15, 0.2) is 5.78 Å². The van der Waals surface area contributed by atoms with Gasteiger partial charge in [0.1, 0.15) is 0 Å². The van der Waals surface area contributed by atoms with E-state index in [9.17, 15) is 4.79 Å². The zero-order valence-corrected chi connectivity index (χ0v) is 11.5. The third-order valence-corrected chi connectivity index (χ3v) is 4.19. The zero-order valence-electron chi connectivity index (χ0n) is 9.97. The smallest absolute Gasteiger partial charge is 0.194 e. The van der Waals surface area contributed by atoms with Crippen molar-refractivity contribution in [1.82, 2.24) is 0 Å². The normalized spacial score (nSPS) is 12.6. The maximum Gasteiger partial charge on any atom is 0.194 e. The van der Waals surface area contributed by atoms with Gasteiger partial charge in [0, 0.05) is 21.2 Å². The third kappa shape index (κ3) is 1.51. The molecule has 0 heterocycles. The first-order valence-electron chi connectivity index (χ1n) is 5.64. The van der Waals surface area contributed by atoms with Crippen LogP contribution in [0.3, 0.4) is 0 Å². The number of hydrogen-bond acceptors (Lipinski definition) is 1. The number of carbonyl (C=O) groups excluding carboxylic acids is 1. The molecule has 0 aliphatic heterocycles. The van der Waals surface area contributed by atoms with Crippen molar-refractivity contribution in [1.29, 1.82) is 0 Å². The van der Waals surface area contributed by atoms with E-state index in [1.807, 2.05) is 38.1 Å². The lowest BCUT2D eigenvalue weighted by Gasteiger charge is -2.04. The van der Waals surface area contributed by atoms with E-state index in [4.69, 9.17) is 23.2 Å². The van der Waals surface area contributed by atoms with Gasteiger partial charge < -0.3 is 0 Å². The van der Waals surface area contributed by atoms with Crippen LogP contribution in [0.15, 0.2) is 24.3 Å². The summed E-state index contributed by atoms with van der Waals surface area (Å²) in [5.41, 5.74) is 5.03. The van der Waals surface area contributed by atoms with Crippen molar-refractivity contribution in [3.63, 3.8) is 0 Å². The van der Waals surface area contributed by atoms with Gasteiger partial charge >= 0.3 is 0 Å². The van der Waals surface area contributed by atoms with Crippen LogP contribution in [0.25, 0.3) is 11.1 Å². The molecule has 3 heteroatoms. The van der Waals surface area contributed by atoms with Gasteiger partial charge in [-0.25, -0.2) is 0 Å². The monoisotopic (exact) mass is 276 g/mol. The summed E-state index contributed by atoms with van der Waals surface area (Å²) in [5.74, 6) is 0.0551. The highest BCUT2D eigenvalue weighted by molar-refractivity contribution is 6.34. The Morgan fingerprint density at radius 3 is 1.50 bits per heavy atom. The van der Waals surface area contributed by atoms with Crippen molar-refractivity contribution in [2.75, 3.05) is 0 Å². The maximum absolute atomic E-state index is 12.3. The summed E-state index contributed by atoms with van der Waals surface area (Å²) in [6, 6.07) is 7.40. The molecule has 0 aromatic heterocycles. The van der Waals surface area contributed by atoms with Crippen molar-refractivity contribution in [2.45, 2.75) is 13.8 Å². The Hall–Kier alpha value is -1.31. The van der Waals surface area contributed by atoms with Gasteiger partial charge in [-0.1, -0.05) is 23.2 Å². The minimum atomic E-state index is 0.0551. The van der Waals surface area contributed by atoms with E-state index in [2.05, 4.69) is 0 Å². The standard InChI is InChI=1S/C15H10Cl2O/c1-7-3-11-9(5-13(7)16)10-6-14(17)8(2)4-12(10)15(11)18/h3-6H,1-2H3.